The van der Waals surface area contributed by atoms with Crippen LogP contribution in [0.15, 0.2) is 30.3 Å². The van der Waals surface area contributed by atoms with Crippen molar-refractivity contribution in [2.24, 2.45) is 5.92 Å². The number of amides is 2. The van der Waals surface area contributed by atoms with Gasteiger partial charge in [-0.25, -0.2) is 4.98 Å². The molecule has 0 bridgehead atoms. The van der Waals surface area contributed by atoms with Crippen LogP contribution in [-0.4, -0.2) is 44.5 Å². The summed E-state index contributed by atoms with van der Waals surface area (Å²) in [5.41, 5.74) is 0.594. The first-order valence-electron chi connectivity index (χ1n) is 11.4. The lowest BCUT2D eigenvalue weighted by atomic mass is 9.77. The minimum Gasteiger partial charge on any atom is -0.351 e. The third-order valence-electron chi connectivity index (χ3n) is 6.63. The zero-order chi connectivity index (χ0) is 22.0. The number of nitrogens with zero attached hydrogens (tertiary/aromatic N) is 3. The Morgan fingerprint density at radius 3 is 2.55 bits per heavy atom. The summed E-state index contributed by atoms with van der Waals surface area (Å²) in [6.45, 7) is 6.43. The molecule has 1 aliphatic carbocycles. The topological polar surface area (TPSA) is 91.0 Å². The molecule has 7 nitrogen and oxygen atoms in total. The van der Waals surface area contributed by atoms with Gasteiger partial charge in [0.15, 0.2) is 5.82 Å². The minimum absolute atomic E-state index is 0.0397. The lowest BCUT2D eigenvalue weighted by molar-refractivity contribution is -0.138. The highest BCUT2D eigenvalue weighted by atomic mass is 16.2. The number of aromatic nitrogens is 3. The third-order valence-corrected chi connectivity index (χ3v) is 6.63. The maximum absolute atomic E-state index is 14.1. The number of aryl methyl sites for hydroxylation is 1. The van der Waals surface area contributed by atoms with E-state index in [1.807, 2.05) is 43.9 Å². The maximum atomic E-state index is 14.1. The highest BCUT2D eigenvalue weighted by Crippen LogP contribution is 2.45. The van der Waals surface area contributed by atoms with Crippen LogP contribution in [0.2, 0.25) is 0 Å². The zero-order valence-electron chi connectivity index (χ0n) is 18.7. The molecule has 0 radical (unpaired) electrons. The van der Waals surface area contributed by atoms with Crippen LogP contribution in [0.4, 0.5) is 0 Å². The Labute approximate surface area is 184 Å². The van der Waals surface area contributed by atoms with Crippen molar-refractivity contribution in [2.45, 2.75) is 76.8 Å². The molecule has 2 heterocycles. The van der Waals surface area contributed by atoms with Crippen LogP contribution in [0.5, 0.6) is 0 Å². The number of hydrogen-bond acceptors (Lipinski definition) is 4. The highest BCUT2D eigenvalue weighted by Gasteiger charge is 2.49. The Morgan fingerprint density at radius 2 is 1.94 bits per heavy atom. The summed E-state index contributed by atoms with van der Waals surface area (Å²) in [6, 6.07) is 9.85. The fourth-order valence-electron chi connectivity index (χ4n) is 5.21. The Kier molecular flexibility index (Phi) is 6.12. The van der Waals surface area contributed by atoms with Crippen molar-refractivity contribution in [3.63, 3.8) is 0 Å². The Hall–Kier alpha value is -2.70. The molecule has 0 unspecified atom stereocenters. The molecule has 166 valence electrons. The van der Waals surface area contributed by atoms with Gasteiger partial charge in [0, 0.05) is 19.0 Å². The molecule has 7 heteroatoms. The van der Waals surface area contributed by atoms with Gasteiger partial charge < -0.3 is 10.2 Å². The van der Waals surface area contributed by atoms with E-state index in [2.05, 4.69) is 32.6 Å². The van der Waals surface area contributed by atoms with Gasteiger partial charge in [0.25, 0.3) is 0 Å². The van der Waals surface area contributed by atoms with Gasteiger partial charge in [-0.15, -0.1) is 0 Å². The SMILES string of the molecule is Cc1nc([C@@H]2C[C@H](NC(=O)CC(C)C)CN2C(=O)C2(c3ccccc3)CCCC2)n[nH]1. The average Bonchev–Trinajstić information content (AvgIpc) is 3.47. The Bertz CT molecular complexity index is 917. The smallest absolute Gasteiger partial charge is 0.233 e. The Balaban J connectivity index is 1.63. The second-order valence-corrected chi connectivity index (χ2v) is 9.51. The molecular weight excluding hydrogens is 390 g/mol. The van der Waals surface area contributed by atoms with E-state index in [0.29, 0.717) is 31.1 Å². The molecule has 2 atom stereocenters. The van der Waals surface area contributed by atoms with Gasteiger partial charge in [-0.05, 0) is 37.7 Å². The van der Waals surface area contributed by atoms with Crippen molar-refractivity contribution >= 4 is 11.8 Å². The van der Waals surface area contributed by atoms with E-state index in [1.165, 1.54) is 0 Å². The predicted molar refractivity (Wildman–Crippen MR) is 118 cm³/mol. The van der Waals surface area contributed by atoms with E-state index >= 15 is 0 Å². The van der Waals surface area contributed by atoms with Crippen molar-refractivity contribution in [2.75, 3.05) is 6.54 Å². The monoisotopic (exact) mass is 423 g/mol. The van der Waals surface area contributed by atoms with Gasteiger partial charge in [0.1, 0.15) is 5.82 Å². The van der Waals surface area contributed by atoms with Crippen molar-refractivity contribution < 1.29 is 9.59 Å². The Morgan fingerprint density at radius 1 is 1.23 bits per heavy atom. The normalized spacial score (nSPS) is 22.8. The zero-order valence-corrected chi connectivity index (χ0v) is 18.7. The lowest BCUT2D eigenvalue weighted by Crippen LogP contribution is -2.47. The highest BCUT2D eigenvalue weighted by molar-refractivity contribution is 5.89. The van der Waals surface area contributed by atoms with E-state index in [9.17, 15) is 9.59 Å². The lowest BCUT2D eigenvalue weighted by Gasteiger charge is -2.35. The third kappa shape index (κ3) is 4.36. The van der Waals surface area contributed by atoms with E-state index in [1.54, 1.807) is 0 Å². The number of likely N-dealkylation sites (tertiary alicyclic amines) is 1. The quantitative estimate of drug-likeness (QED) is 0.745. The minimum atomic E-state index is -0.498. The van der Waals surface area contributed by atoms with Crippen molar-refractivity contribution in [3.05, 3.63) is 47.5 Å². The van der Waals surface area contributed by atoms with Crippen molar-refractivity contribution in [1.29, 1.82) is 0 Å². The first kappa shape index (κ1) is 21.5. The van der Waals surface area contributed by atoms with E-state index in [-0.39, 0.29) is 23.9 Å². The van der Waals surface area contributed by atoms with Crippen LogP contribution in [0.25, 0.3) is 0 Å². The van der Waals surface area contributed by atoms with Crippen molar-refractivity contribution in [3.8, 4) is 0 Å². The van der Waals surface area contributed by atoms with Gasteiger partial charge in [0.2, 0.25) is 11.8 Å². The number of aromatic amines is 1. The summed E-state index contributed by atoms with van der Waals surface area (Å²) in [7, 11) is 0. The molecule has 2 aromatic rings. The predicted octanol–water partition coefficient (Wildman–Crippen LogP) is 3.43. The number of hydrogen-bond donors (Lipinski definition) is 2. The van der Waals surface area contributed by atoms with Gasteiger partial charge >= 0.3 is 0 Å². The van der Waals surface area contributed by atoms with E-state index in [4.69, 9.17) is 0 Å². The number of nitrogens with one attached hydrogen (secondary N) is 2. The summed E-state index contributed by atoms with van der Waals surface area (Å²) in [5, 5.41) is 10.4. The van der Waals surface area contributed by atoms with Crippen LogP contribution < -0.4 is 5.32 Å². The van der Waals surface area contributed by atoms with Gasteiger partial charge in [-0.2, -0.15) is 5.10 Å². The molecule has 1 aliphatic heterocycles. The molecule has 2 aliphatic rings. The number of carbonyl (C=O) groups excluding carboxylic acids is 2. The first-order valence-corrected chi connectivity index (χ1v) is 11.4. The molecule has 1 aromatic heterocycles. The summed E-state index contributed by atoms with van der Waals surface area (Å²) in [4.78, 5) is 33.0. The van der Waals surface area contributed by atoms with E-state index in [0.717, 1.165) is 37.1 Å². The second-order valence-electron chi connectivity index (χ2n) is 9.51. The molecular formula is C24H33N5O2. The molecule has 2 fully saturated rings. The van der Waals surface area contributed by atoms with Crippen LogP contribution in [0.3, 0.4) is 0 Å². The molecule has 2 N–H and O–H groups in total. The van der Waals surface area contributed by atoms with E-state index < -0.39 is 5.41 Å². The van der Waals surface area contributed by atoms with Crippen LogP contribution in [-0.2, 0) is 15.0 Å². The second kappa shape index (κ2) is 8.81. The molecule has 1 aromatic carbocycles. The number of H-pyrrole nitrogens is 1. The largest absolute Gasteiger partial charge is 0.351 e. The molecule has 2 amide bonds. The number of carbonyl (C=O) groups is 2. The molecule has 31 heavy (non-hydrogen) atoms. The fourth-order valence-corrected chi connectivity index (χ4v) is 5.21. The van der Waals surface area contributed by atoms with Gasteiger partial charge in [-0.3, -0.25) is 14.7 Å². The maximum Gasteiger partial charge on any atom is 0.233 e. The standard InChI is InChI=1S/C24H33N5O2/c1-16(2)13-21(30)26-19-14-20(22-25-17(3)27-28-22)29(15-19)23(31)24(11-7-8-12-24)18-9-5-4-6-10-18/h4-6,9-10,16,19-20H,7-8,11-15H2,1-3H3,(H,26,30)(H,25,27,28)/t19-,20-/m0/s1. The number of rotatable bonds is 6. The molecule has 1 saturated carbocycles. The van der Waals surface area contributed by atoms with Gasteiger partial charge in [-0.1, -0.05) is 57.0 Å². The van der Waals surface area contributed by atoms with Crippen LogP contribution in [0.1, 0.15) is 75.6 Å². The summed E-state index contributed by atoms with van der Waals surface area (Å²) < 4.78 is 0. The molecule has 4 rings (SSSR count). The van der Waals surface area contributed by atoms with Crippen molar-refractivity contribution in [1.82, 2.24) is 25.4 Å². The summed E-state index contributed by atoms with van der Waals surface area (Å²) in [6.07, 6.45) is 4.94. The fraction of sp³-hybridized carbons (Fsp3) is 0.583. The van der Waals surface area contributed by atoms with Crippen LogP contribution in [0, 0.1) is 12.8 Å². The van der Waals surface area contributed by atoms with Crippen LogP contribution >= 0.6 is 0 Å². The summed E-state index contributed by atoms with van der Waals surface area (Å²) >= 11 is 0. The molecule has 1 saturated heterocycles. The molecule has 0 spiro atoms. The number of benzene rings is 1. The summed E-state index contributed by atoms with van der Waals surface area (Å²) in [5.74, 6) is 1.84. The van der Waals surface area contributed by atoms with Gasteiger partial charge in [0.05, 0.1) is 11.5 Å². The first-order chi connectivity index (χ1) is 14.9. The average molecular weight is 424 g/mol.